The Morgan fingerprint density at radius 2 is 2.13 bits per heavy atom. The Morgan fingerprint density at radius 3 is 2.87 bits per heavy atom. The van der Waals surface area contributed by atoms with Gasteiger partial charge in [-0.05, 0) is 37.5 Å². The van der Waals surface area contributed by atoms with Crippen LogP contribution in [0.1, 0.15) is 18.4 Å². The number of hydrogen-bond acceptors (Lipinski definition) is 2. The summed E-state index contributed by atoms with van der Waals surface area (Å²) in [5.74, 6) is 0. The number of aryl methyl sites for hydroxylation is 1. The van der Waals surface area contributed by atoms with Gasteiger partial charge in [0, 0.05) is 25.6 Å². The van der Waals surface area contributed by atoms with Crippen molar-refractivity contribution in [3.05, 3.63) is 23.8 Å². The molecular formula is C13H18N2. The number of anilines is 2. The number of nitrogens with zero attached hydrogens (tertiary/aromatic N) is 1. The number of benzene rings is 1. The van der Waals surface area contributed by atoms with E-state index in [1.54, 1.807) is 0 Å². The van der Waals surface area contributed by atoms with Gasteiger partial charge in [-0.15, -0.1) is 0 Å². The van der Waals surface area contributed by atoms with Gasteiger partial charge in [-0.1, -0.05) is 6.07 Å². The van der Waals surface area contributed by atoms with E-state index in [1.807, 2.05) is 0 Å². The first-order valence-corrected chi connectivity index (χ1v) is 5.74. The second-order valence-electron chi connectivity index (χ2n) is 5.23. The highest BCUT2D eigenvalue weighted by molar-refractivity contribution is 5.72. The van der Waals surface area contributed by atoms with Crippen LogP contribution < -0.4 is 10.2 Å². The number of nitrogens with one attached hydrogen (secondary N) is 1. The maximum atomic E-state index is 3.61. The molecule has 80 valence electrons. The van der Waals surface area contributed by atoms with Crippen molar-refractivity contribution in [2.24, 2.45) is 5.41 Å². The Balaban J connectivity index is 1.99. The molecule has 1 aromatic rings. The zero-order valence-electron chi connectivity index (χ0n) is 9.51. The Hall–Kier alpha value is -1.18. The lowest BCUT2D eigenvalue weighted by atomic mass is 10.1. The van der Waals surface area contributed by atoms with Gasteiger partial charge in [-0.2, -0.15) is 0 Å². The summed E-state index contributed by atoms with van der Waals surface area (Å²) in [6, 6.07) is 6.69. The third kappa shape index (κ3) is 1.48. The maximum Gasteiger partial charge on any atom is 0.0599 e. The summed E-state index contributed by atoms with van der Waals surface area (Å²) >= 11 is 0. The van der Waals surface area contributed by atoms with Crippen LogP contribution in [0, 0.1) is 12.3 Å². The standard InChI is InChI=1S/C13H18N2/c1-10-3-4-12-11(7-10)14-8-13(5-6-13)9-15(12)2/h3-4,7,14H,5-6,8-9H2,1-2H3. The summed E-state index contributed by atoms with van der Waals surface area (Å²) in [7, 11) is 2.21. The molecule has 15 heavy (non-hydrogen) atoms. The molecule has 1 heterocycles. The molecule has 1 fully saturated rings. The second kappa shape index (κ2) is 2.91. The lowest BCUT2D eigenvalue weighted by Crippen LogP contribution is -2.27. The fourth-order valence-corrected chi connectivity index (χ4v) is 2.56. The van der Waals surface area contributed by atoms with Crippen molar-refractivity contribution in [1.29, 1.82) is 0 Å². The van der Waals surface area contributed by atoms with Crippen molar-refractivity contribution in [2.45, 2.75) is 19.8 Å². The van der Waals surface area contributed by atoms with Gasteiger partial charge in [0.05, 0.1) is 11.4 Å². The first kappa shape index (κ1) is 9.08. The van der Waals surface area contributed by atoms with Crippen molar-refractivity contribution in [3.63, 3.8) is 0 Å². The summed E-state index contributed by atoms with van der Waals surface area (Å²) in [5.41, 5.74) is 4.56. The Bertz CT molecular complexity index is 394. The molecular weight excluding hydrogens is 184 g/mol. The first-order valence-electron chi connectivity index (χ1n) is 5.74. The van der Waals surface area contributed by atoms with Gasteiger partial charge in [-0.25, -0.2) is 0 Å². The molecule has 2 nitrogen and oxygen atoms in total. The highest BCUT2D eigenvalue weighted by Gasteiger charge is 2.44. The van der Waals surface area contributed by atoms with Crippen molar-refractivity contribution < 1.29 is 0 Å². The molecule has 0 aromatic heterocycles. The summed E-state index contributed by atoms with van der Waals surface area (Å²) in [6.45, 7) is 4.50. The molecule has 0 radical (unpaired) electrons. The predicted molar refractivity (Wildman–Crippen MR) is 64.6 cm³/mol. The monoisotopic (exact) mass is 202 g/mol. The summed E-state index contributed by atoms with van der Waals surface area (Å²) in [6.07, 6.45) is 2.77. The molecule has 2 aliphatic rings. The minimum absolute atomic E-state index is 0.571. The minimum atomic E-state index is 0.571. The molecule has 2 heteroatoms. The average Bonchev–Trinajstić information content (AvgIpc) is 2.96. The predicted octanol–water partition coefficient (Wildman–Crippen LogP) is 2.64. The van der Waals surface area contributed by atoms with Crippen LogP contribution in [-0.4, -0.2) is 20.1 Å². The van der Waals surface area contributed by atoms with Crippen LogP contribution in [0.5, 0.6) is 0 Å². The maximum absolute atomic E-state index is 3.61. The van der Waals surface area contributed by atoms with E-state index in [1.165, 1.54) is 36.3 Å². The van der Waals surface area contributed by atoms with E-state index in [2.05, 4.69) is 42.4 Å². The molecule has 1 spiro atoms. The molecule has 1 aliphatic heterocycles. The number of rotatable bonds is 0. The van der Waals surface area contributed by atoms with Crippen LogP contribution in [0.25, 0.3) is 0 Å². The third-order valence-corrected chi connectivity index (χ3v) is 3.75. The lowest BCUT2D eigenvalue weighted by Gasteiger charge is -2.21. The molecule has 0 atom stereocenters. The molecule has 0 bridgehead atoms. The molecule has 1 aliphatic carbocycles. The molecule has 1 aromatic carbocycles. The average molecular weight is 202 g/mol. The van der Waals surface area contributed by atoms with Crippen LogP contribution in [0.3, 0.4) is 0 Å². The van der Waals surface area contributed by atoms with Gasteiger partial charge >= 0.3 is 0 Å². The van der Waals surface area contributed by atoms with E-state index in [0.717, 1.165) is 6.54 Å². The minimum Gasteiger partial charge on any atom is -0.383 e. The zero-order valence-corrected chi connectivity index (χ0v) is 9.51. The van der Waals surface area contributed by atoms with Crippen molar-refractivity contribution in [3.8, 4) is 0 Å². The van der Waals surface area contributed by atoms with E-state index in [-0.39, 0.29) is 0 Å². The van der Waals surface area contributed by atoms with E-state index >= 15 is 0 Å². The zero-order chi connectivity index (χ0) is 10.5. The molecule has 0 amide bonds. The third-order valence-electron chi connectivity index (χ3n) is 3.75. The fraction of sp³-hybridized carbons (Fsp3) is 0.538. The largest absolute Gasteiger partial charge is 0.383 e. The molecule has 1 N–H and O–H groups in total. The number of hydrogen-bond donors (Lipinski definition) is 1. The smallest absolute Gasteiger partial charge is 0.0599 e. The van der Waals surface area contributed by atoms with Crippen molar-refractivity contribution >= 4 is 11.4 Å². The van der Waals surface area contributed by atoms with Crippen molar-refractivity contribution in [2.75, 3.05) is 30.4 Å². The van der Waals surface area contributed by atoms with Gasteiger partial charge < -0.3 is 10.2 Å². The van der Waals surface area contributed by atoms with Gasteiger partial charge in [0.2, 0.25) is 0 Å². The Labute approximate surface area is 91.3 Å². The van der Waals surface area contributed by atoms with Crippen molar-refractivity contribution in [1.82, 2.24) is 0 Å². The highest BCUT2D eigenvalue weighted by atomic mass is 15.2. The van der Waals surface area contributed by atoms with Gasteiger partial charge in [0.15, 0.2) is 0 Å². The normalized spacial score (nSPS) is 21.9. The summed E-state index contributed by atoms with van der Waals surface area (Å²) in [4.78, 5) is 2.40. The summed E-state index contributed by atoms with van der Waals surface area (Å²) < 4.78 is 0. The number of fused-ring (bicyclic) bond motifs is 1. The van der Waals surface area contributed by atoms with Crippen LogP contribution in [0.4, 0.5) is 11.4 Å². The first-order chi connectivity index (χ1) is 7.19. The SMILES string of the molecule is Cc1ccc2c(c1)NCC1(CC1)CN2C. The summed E-state index contributed by atoms with van der Waals surface area (Å²) in [5, 5.41) is 3.61. The highest BCUT2D eigenvalue weighted by Crippen LogP contribution is 2.49. The van der Waals surface area contributed by atoms with Crippen LogP contribution in [-0.2, 0) is 0 Å². The molecule has 1 saturated carbocycles. The van der Waals surface area contributed by atoms with E-state index in [4.69, 9.17) is 0 Å². The van der Waals surface area contributed by atoms with Gasteiger partial charge in [0.1, 0.15) is 0 Å². The lowest BCUT2D eigenvalue weighted by molar-refractivity contribution is 0.548. The topological polar surface area (TPSA) is 15.3 Å². The Morgan fingerprint density at radius 1 is 1.33 bits per heavy atom. The molecule has 0 saturated heterocycles. The second-order valence-corrected chi connectivity index (χ2v) is 5.23. The van der Waals surface area contributed by atoms with Crippen LogP contribution in [0.15, 0.2) is 18.2 Å². The van der Waals surface area contributed by atoms with Crippen LogP contribution in [0.2, 0.25) is 0 Å². The van der Waals surface area contributed by atoms with E-state index in [0.29, 0.717) is 5.41 Å². The Kier molecular flexibility index (Phi) is 1.76. The quantitative estimate of drug-likeness (QED) is 0.695. The van der Waals surface area contributed by atoms with Gasteiger partial charge in [-0.3, -0.25) is 0 Å². The fourth-order valence-electron chi connectivity index (χ4n) is 2.56. The molecule has 3 rings (SSSR count). The van der Waals surface area contributed by atoms with E-state index < -0.39 is 0 Å². The van der Waals surface area contributed by atoms with Gasteiger partial charge in [0.25, 0.3) is 0 Å². The van der Waals surface area contributed by atoms with E-state index in [9.17, 15) is 0 Å². The molecule has 0 unspecified atom stereocenters. The van der Waals surface area contributed by atoms with Crippen LogP contribution >= 0.6 is 0 Å².